The number of hydrogen-bond donors (Lipinski definition) is 0. The van der Waals surface area contributed by atoms with E-state index in [9.17, 15) is 0 Å². The highest BCUT2D eigenvalue weighted by Gasteiger charge is 2.60. The van der Waals surface area contributed by atoms with Crippen LogP contribution in [-0.2, 0) is 9.47 Å². The van der Waals surface area contributed by atoms with Crippen LogP contribution in [0.1, 0.15) is 23.7 Å². The van der Waals surface area contributed by atoms with Gasteiger partial charge in [0.1, 0.15) is 24.1 Å². The standard InChI is InChI=1S/C19H19ClO3/c1-13-4-2-3-5-17(13)22-12-19(10-16-11-21-16)18(23-19)14-6-8-15(20)9-7-14/h2-9,16,18H,10-12H2,1H3. The lowest BCUT2D eigenvalue weighted by Gasteiger charge is -2.15. The van der Waals surface area contributed by atoms with Crippen molar-refractivity contribution in [3.63, 3.8) is 0 Å². The van der Waals surface area contributed by atoms with Crippen molar-refractivity contribution in [1.29, 1.82) is 0 Å². The molecule has 120 valence electrons. The zero-order valence-corrected chi connectivity index (χ0v) is 13.8. The maximum Gasteiger partial charge on any atom is 0.136 e. The molecule has 0 radical (unpaired) electrons. The zero-order valence-electron chi connectivity index (χ0n) is 13.0. The minimum atomic E-state index is -0.294. The van der Waals surface area contributed by atoms with Crippen LogP contribution >= 0.6 is 11.6 Å². The van der Waals surface area contributed by atoms with Crippen LogP contribution in [0.15, 0.2) is 48.5 Å². The third kappa shape index (κ3) is 3.23. The molecular formula is C19H19ClO3. The number of hydrogen-bond acceptors (Lipinski definition) is 3. The molecule has 2 aromatic rings. The first-order chi connectivity index (χ1) is 11.2. The third-order valence-electron chi connectivity index (χ3n) is 4.49. The monoisotopic (exact) mass is 330 g/mol. The Morgan fingerprint density at radius 3 is 2.61 bits per heavy atom. The minimum absolute atomic E-state index is 0.0491. The van der Waals surface area contributed by atoms with E-state index >= 15 is 0 Å². The molecule has 0 aromatic heterocycles. The van der Waals surface area contributed by atoms with Crippen molar-refractivity contribution in [1.82, 2.24) is 0 Å². The van der Waals surface area contributed by atoms with Gasteiger partial charge in [-0.05, 0) is 36.2 Å². The van der Waals surface area contributed by atoms with Crippen LogP contribution in [0.3, 0.4) is 0 Å². The molecule has 4 rings (SSSR count). The van der Waals surface area contributed by atoms with E-state index in [4.69, 9.17) is 25.8 Å². The molecule has 0 aliphatic carbocycles. The predicted octanol–water partition coefficient (Wildman–Crippen LogP) is 4.33. The Kier molecular flexibility index (Phi) is 3.80. The fraction of sp³-hybridized carbons (Fsp3) is 0.368. The number of rotatable bonds is 6. The summed E-state index contributed by atoms with van der Waals surface area (Å²) in [7, 11) is 0. The van der Waals surface area contributed by atoms with E-state index in [0.29, 0.717) is 12.7 Å². The molecule has 2 aliphatic heterocycles. The maximum absolute atomic E-state index is 6.09. The molecule has 0 bridgehead atoms. The Balaban J connectivity index is 1.49. The largest absolute Gasteiger partial charge is 0.490 e. The topological polar surface area (TPSA) is 34.3 Å². The first kappa shape index (κ1) is 15.0. The third-order valence-corrected chi connectivity index (χ3v) is 4.74. The second kappa shape index (κ2) is 5.82. The normalized spacial score (nSPS) is 28.4. The number of benzene rings is 2. The number of epoxide rings is 2. The lowest BCUT2D eigenvalue weighted by atomic mass is 9.95. The van der Waals surface area contributed by atoms with Crippen molar-refractivity contribution < 1.29 is 14.2 Å². The highest BCUT2D eigenvalue weighted by atomic mass is 35.5. The maximum atomic E-state index is 6.09. The van der Waals surface area contributed by atoms with Crippen molar-refractivity contribution >= 4 is 11.6 Å². The molecule has 23 heavy (non-hydrogen) atoms. The lowest BCUT2D eigenvalue weighted by Crippen LogP contribution is -2.25. The molecular weight excluding hydrogens is 312 g/mol. The molecule has 0 spiro atoms. The lowest BCUT2D eigenvalue weighted by molar-refractivity contribution is 0.168. The molecule has 2 aromatic carbocycles. The highest BCUT2D eigenvalue weighted by Crippen LogP contribution is 2.54. The Labute approximate surface area is 141 Å². The summed E-state index contributed by atoms with van der Waals surface area (Å²) >= 11 is 5.98. The average molecular weight is 331 g/mol. The fourth-order valence-corrected chi connectivity index (χ4v) is 3.15. The van der Waals surface area contributed by atoms with Crippen molar-refractivity contribution in [2.75, 3.05) is 13.2 Å². The summed E-state index contributed by atoms with van der Waals surface area (Å²) in [5.41, 5.74) is 1.98. The van der Waals surface area contributed by atoms with Gasteiger partial charge in [0.2, 0.25) is 0 Å². The number of para-hydroxylation sites is 1. The van der Waals surface area contributed by atoms with Crippen LogP contribution in [0.2, 0.25) is 5.02 Å². The highest BCUT2D eigenvalue weighted by molar-refractivity contribution is 6.30. The van der Waals surface area contributed by atoms with Gasteiger partial charge in [-0.3, -0.25) is 0 Å². The number of ether oxygens (including phenoxy) is 3. The molecule has 3 atom stereocenters. The second-order valence-electron chi connectivity index (χ2n) is 6.33. The predicted molar refractivity (Wildman–Crippen MR) is 89.0 cm³/mol. The van der Waals surface area contributed by atoms with Crippen LogP contribution in [0.4, 0.5) is 0 Å². The van der Waals surface area contributed by atoms with Crippen molar-refractivity contribution in [3.8, 4) is 5.75 Å². The van der Waals surface area contributed by atoms with Gasteiger partial charge in [-0.25, -0.2) is 0 Å². The van der Waals surface area contributed by atoms with Gasteiger partial charge in [0.05, 0.1) is 12.7 Å². The van der Waals surface area contributed by atoms with Crippen LogP contribution in [0.5, 0.6) is 5.75 Å². The molecule has 2 heterocycles. The second-order valence-corrected chi connectivity index (χ2v) is 6.76. The van der Waals surface area contributed by atoms with E-state index in [1.807, 2.05) is 42.5 Å². The molecule has 2 saturated heterocycles. The Hall–Kier alpha value is -1.55. The van der Waals surface area contributed by atoms with Crippen molar-refractivity contribution in [3.05, 3.63) is 64.7 Å². The van der Waals surface area contributed by atoms with Gasteiger partial charge in [-0.1, -0.05) is 41.9 Å². The quantitative estimate of drug-likeness (QED) is 0.739. The molecule has 0 saturated carbocycles. The van der Waals surface area contributed by atoms with Crippen LogP contribution in [0.25, 0.3) is 0 Å². The number of halogens is 1. The first-order valence-electron chi connectivity index (χ1n) is 7.90. The molecule has 2 fully saturated rings. The summed E-state index contributed by atoms with van der Waals surface area (Å²) in [5.74, 6) is 0.911. The van der Waals surface area contributed by atoms with Crippen molar-refractivity contribution in [2.24, 2.45) is 0 Å². The minimum Gasteiger partial charge on any atom is -0.490 e. The van der Waals surface area contributed by atoms with Crippen molar-refractivity contribution in [2.45, 2.75) is 31.2 Å². The summed E-state index contributed by atoms with van der Waals surface area (Å²) in [6.45, 7) is 3.41. The summed E-state index contributed by atoms with van der Waals surface area (Å²) in [5, 5.41) is 0.738. The van der Waals surface area contributed by atoms with Gasteiger partial charge < -0.3 is 14.2 Å². The molecule has 4 heteroatoms. The smallest absolute Gasteiger partial charge is 0.136 e. The molecule has 3 unspecified atom stereocenters. The summed E-state index contributed by atoms with van der Waals surface area (Å²) < 4.78 is 17.6. The SMILES string of the molecule is Cc1ccccc1OCC1(CC2CO2)OC1c1ccc(Cl)cc1. The van der Waals surface area contributed by atoms with E-state index in [2.05, 4.69) is 13.0 Å². The molecule has 0 N–H and O–H groups in total. The Morgan fingerprint density at radius 2 is 1.91 bits per heavy atom. The first-order valence-corrected chi connectivity index (χ1v) is 8.27. The molecule has 3 nitrogen and oxygen atoms in total. The van der Waals surface area contributed by atoms with Crippen LogP contribution in [-0.4, -0.2) is 24.9 Å². The van der Waals surface area contributed by atoms with Gasteiger partial charge in [0.25, 0.3) is 0 Å². The molecule has 2 aliphatic rings. The van der Waals surface area contributed by atoms with Crippen LogP contribution < -0.4 is 4.74 Å². The fourth-order valence-electron chi connectivity index (χ4n) is 3.02. The van der Waals surface area contributed by atoms with E-state index in [1.165, 1.54) is 0 Å². The zero-order chi connectivity index (χ0) is 15.9. The van der Waals surface area contributed by atoms with Gasteiger partial charge >= 0.3 is 0 Å². The summed E-state index contributed by atoms with van der Waals surface area (Å²) in [6, 6.07) is 15.9. The van der Waals surface area contributed by atoms with Gasteiger partial charge in [0, 0.05) is 11.4 Å². The van der Waals surface area contributed by atoms with Gasteiger partial charge in [0.15, 0.2) is 0 Å². The number of aryl methyl sites for hydroxylation is 1. The van der Waals surface area contributed by atoms with E-state index in [1.54, 1.807) is 0 Å². The van der Waals surface area contributed by atoms with E-state index in [0.717, 1.165) is 34.9 Å². The summed E-state index contributed by atoms with van der Waals surface area (Å²) in [4.78, 5) is 0. The Bertz CT molecular complexity index is 696. The summed E-state index contributed by atoms with van der Waals surface area (Å²) in [6.07, 6.45) is 1.22. The van der Waals surface area contributed by atoms with E-state index < -0.39 is 0 Å². The van der Waals surface area contributed by atoms with Gasteiger partial charge in [-0.2, -0.15) is 0 Å². The molecule has 0 amide bonds. The Morgan fingerprint density at radius 1 is 1.17 bits per heavy atom. The average Bonchev–Trinajstić information content (AvgIpc) is 3.47. The van der Waals surface area contributed by atoms with Gasteiger partial charge in [-0.15, -0.1) is 0 Å². The van der Waals surface area contributed by atoms with E-state index in [-0.39, 0.29) is 11.7 Å². The van der Waals surface area contributed by atoms with Crippen LogP contribution in [0, 0.1) is 6.92 Å².